The van der Waals surface area contributed by atoms with E-state index in [1.165, 1.54) is 32.1 Å². The molecule has 0 aromatic carbocycles. The van der Waals surface area contributed by atoms with Gasteiger partial charge in [-0.2, -0.15) is 13.3 Å². The molecule has 0 aromatic rings. The Labute approximate surface area is 170 Å². The van der Waals surface area contributed by atoms with E-state index in [0.29, 0.717) is 0 Å². The van der Waals surface area contributed by atoms with Gasteiger partial charge in [0.25, 0.3) is 0 Å². The second kappa shape index (κ2) is 14.5. The Hall–Kier alpha value is 0.328. The molecule has 0 atom stereocenters. The monoisotopic (exact) mass is 643 g/mol. The van der Waals surface area contributed by atoms with Crippen molar-refractivity contribution in [2.24, 2.45) is 0 Å². The summed E-state index contributed by atoms with van der Waals surface area (Å²) in [6.07, 6.45) is 14.9. The van der Waals surface area contributed by atoms with E-state index >= 15 is 0 Å². The SMILES string of the molecule is CCCCN1C=CN(CCCN2C=CN(CCCC)[CH-]2)[CH-]1.[Br][Pt+2][Br]. The fourth-order valence-electron chi connectivity index (χ4n) is 2.52. The van der Waals surface area contributed by atoms with Gasteiger partial charge in [0.05, 0.1) is 0 Å². The zero-order valence-corrected chi connectivity index (χ0v) is 20.1. The van der Waals surface area contributed by atoms with Gasteiger partial charge < -0.3 is 19.6 Å². The van der Waals surface area contributed by atoms with Gasteiger partial charge in [0.1, 0.15) is 0 Å². The summed E-state index contributed by atoms with van der Waals surface area (Å²) in [5, 5.41) is 0. The molecule has 0 spiro atoms. The van der Waals surface area contributed by atoms with Crippen LogP contribution in [0.5, 0.6) is 0 Å². The molecule has 0 fully saturated rings. The quantitative estimate of drug-likeness (QED) is 0.308. The fraction of sp³-hybridized carbons (Fsp3) is 0.647. The molecule has 0 saturated heterocycles. The molecule has 2 rings (SSSR count). The molecular weight excluding hydrogens is 615 g/mol. The van der Waals surface area contributed by atoms with E-state index < -0.39 is 0 Å². The number of hydrogen-bond donors (Lipinski definition) is 0. The van der Waals surface area contributed by atoms with Crippen molar-refractivity contribution >= 4 is 26.6 Å². The van der Waals surface area contributed by atoms with Gasteiger partial charge in [0, 0.05) is 0 Å². The predicted octanol–water partition coefficient (Wildman–Crippen LogP) is 5.08. The summed E-state index contributed by atoms with van der Waals surface area (Å²) < 4.78 is 0. The van der Waals surface area contributed by atoms with Crippen LogP contribution in [-0.2, 0) is 14.5 Å². The minimum atomic E-state index is 0.208. The molecule has 0 N–H and O–H groups in total. The first-order valence-corrected chi connectivity index (χ1v) is 18.6. The Balaban J connectivity index is 0.000000891. The van der Waals surface area contributed by atoms with Crippen LogP contribution in [0.1, 0.15) is 46.0 Å². The summed E-state index contributed by atoms with van der Waals surface area (Å²) in [6, 6.07) is 0. The fourth-order valence-corrected chi connectivity index (χ4v) is 2.52. The zero-order valence-electron chi connectivity index (χ0n) is 14.7. The predicted molar refractivity (Wildman–Crippen MR) is 106 cm³/mol. The molecule has 142 valence electrons. The van der Waals surface area contributed by atoms with Gasteiger partial charge in [0.2, 0.25) is 0 Å². The molecule has 0 saturated carbocycles. The number of nitrogens with zero attached hydrogens (tertiary/aromatic N) is 4. The van der Waals surface area contributed by atoms with Gasteiger partial charge in [-0.05, 0) is 70.2 Å². The Kier molecular flexibility index (Phi) is 13.5. The Morgan fingerprint density at radius 3 is 1.25 bits per heavy atom. The molecule has 2 aliphatic rings. The van der Waals surface area contributed by atoms with Crippen molar-refractivity contribution in [1.82, 2.24) is 19.6 Å². The third-order valence-corrected chi connectivity index (χ3v) is 3.86. The number of hydrogen-bond acceptors (Lipinski definition) is 4. The molecule has 0 bridgehead atoms. The second-order valence-electron chi connectivity index (χ2n) is 5.88. The van der Waals surface area contributed by atoms with E-state index in [2.05, 4.69) is 98.2 Å². The van der Waals surface area contributed by atoms with Crippen molar-refractivity contribution in [3.05, 3.63) is 38.1 Å². The molecule has 0 unspecified atom stereocenters. The third kappa shape index (κ3) is 9.72. The van der Waals surface area contributed by atoms with Crippen molar-refractivity contribution in [2.45, 2.75) is 46.0 Å². The van der Waals surface area contributed by atoms with Crippen LogP contribution in [0.3, 0.4) is 0 Å². The summed E-state index contributed by atoms with van der Waals surface area (Å²) >= 11 is 6.56. The van der Waals surface area contributed by atoms with Crippen LogP contribution in [0.2, 0.25) is 0 Å². The molecule has 0 radical (unpaired) electrons. The maximum atomic E-state index is 3.17. The van der Waals surface area contributed by atoms with Gasteiger partial charge in [0.15, 0.2) is 0 Å². The number of halogens is 2. The summed E-state index contributed by atoms with van der Waals surface area (Å²) in [4.78, 5) is 9.17. The van der Waals surface area contributed by atoms with Crippen LogP contribution in [0, 0.1) is 13.3 Å². The summed E-state index contributed by atoms with van der Waals surface area (Å²) in [5.74, 6) is 0. The van der Waals surface area contributed by atoms with Gasteiger partial charge in [-0.25, -0.2) is 0 Å². The first kappa shape index (κ1) is 22.4. The molecular formula is C17H30Br2N4Pt. The second-order valence-corrected chi connectivity index (χ2v) is 15.8. The molecule has 2 aliphatic heterocycles. The minimum absolute atomic E-state index is 0.208. The van der Waals surface area contributed by atoms with Crippen LogP contribution in [0.15, 0.2) is 24.8 Å². The number of rotatable bonds is 10. The third-order valence-electron chi connectivity index (χ3n) is 3.86. The molecule has 2 heterocycles. The average Bonchev–Trinajstić information content (AvgIpc) is 3.21. The van der Waals surface area contributed by atoms with E-state index in [0.717, 1.165) is 26.2 Å². The normalized spacial score (nSPS) is 16.3. The van der Waals surface area contributed by atoms with Crippen molar-refractivity contribution in [1.29, 1.82) is 0 Å². The van der Waals surface area contributed by atoms with Gasteiger partial charge in [-0.1, -0.05) is 26.7 Å². The van der Waals surface area contributed by atoms with Crippen LogP contribution in [0.4, 0.5) is 0 Å². The Bertz CT molecular complexity index is 336. The van der Waals surface area contributed by atoms with Crippen molar-refractivity contribution < 1.29 is 14.5 Å². The summed E-state index contributed by atoms with van der Waals surface area (Å²) in [7, 11) is 0. The first-order valence-electron chi connectivity index (χ1n) is 8.65. The molecule has 4 nitrogen and oxygen atoms in total. The molecule has 0 aromatic heterocycles. The maximum absolute atomic E-state index is 3.17. The van der Waals surface area contributed by atoms with Gasteiger partial charge in [-0.3, -0.25) is 0 Å². The standard InChI is InChI=1S/C17H30N4.2BrH.Pt/c1-3-5-8-18-12-14-20(16-18)10-7-11-21-15-13-19(17-21)9-6-4-2;;;/h12-17H,3-11H2,1-2H3;2*1H;/q-2;;;+4/p-2. The van der Waals surface area contributed by atoms with Crippen LogP contribution in [-0.4, -0.2) is 45.8 Å². The zero-order chi connectivity index (χ0) is 17.6. The van der Waals surface area contributed by atoms with Gasteiger partial charge >= 0.3 is 41.0 Å². The molecule has 24 heavy (non-hydrogen) atoms. The topological polar surface area (TPSA) is 13.0 Å². The van der Waals surface area contributed by atoms with E-state index in [-0.39, 0.29) is 14.5 Å². The first-order chi connectivity index (χ1) is 11.7. The van der Waals surface area contributed by atoms with Crippen LogP contribution in [0.25, 0.3) is 0 Å². The molecule has 0 amide bonds. The van der Waals surface area contributed by atoms with Crippen molar-refractivity contribution in [3.8, 4) is 0 Å². The average molecular weight is 645 g/mol. The van der Waals surface area contributed by atoms with E-state index in [1.807, 2.05) is 0 Å². The summed E-state index contributed by atoms with van der Waals surface area (Å²) in [5.41, 5.74) is 0. The summed E-state index contributed by atoms with van der Waals surface area (Å²) in [6.45, 7) is 13.4. The van der Waals surface area contributed by atoms with Crippen molar-refractivity contribution in [3.63, 3.8) is 0 Å². The van der Waals surface area contributed by atoms with E-state index in [9.17, 15) is 0 Å². The van der Waals surface area contributed by atoms with E-state index in [1.54, 1.807) is 0 Å². The van der Waals surface area contributed by atoms with E-state index in [4.69, 9.17) is 0 Å². The van der Waals surface area contributed by atoms with Gasteiger partial charge in [-0.15, -0.1) is 0 Å². The van der Waals surface area contributed by atoms with Crippen LogP contribution < -0.4 is 0 Å². The van der Waals surface area contributed by atoms with Crippen molar-refractivity contribution in [2.75, 3.05) is 26.2 Å². The Morgan fingerprint density at radius 1 is 0.667 bits per heavy atom. The Morgan fingerprint density at radius 2 is 0.958 bits per heavy atom. The molecule has 0 aliphatic carbocycles. The van der Waals surface area contributed by atoms with Crippen LogP contribution >= 0.6 is 26.6 Å². The molecule has 7 heteroatoms. The number of unbranched alkanes of at least 4 members (excludes halogenated alkanes) is 2.